The Morgan fingerprint density at radius 3 is 2.88 bits per heavy atom. The maximum atomic E-state index is 9.20. The van der Waals surface area contributed by atoms with Crippen LogP contribution in [-0.2, 0) is 0 Å². The van der Waals surface area contributed by atoms with E-state index in [0.29, 0.717) is 17.4 Å². The second kappa shape index (κ2) is 4.13. The molecule has 1 aromatic heterocycles. The van der Waals surface area contributed by atoms with Gasteiger partial charge in [0, 0.05) is 17.2 Å². The monoisotopic (exact) mass is 232 g/mol. The van der Waals surface area contributed by atoms with Crippen LogP contribution in [0.15, 0.2) is 11.5 Å². The van der Waals surface area contributed by atoms with Gasteiger partial charge in [-0.05, 0) is 19.3 Å². The van der Waals surface area contributed by atoms with Crippen LogP contribution in [0.4, 0.5) is 0 Å². The lowest BCUT2D eigenvalue weighted by Gasteiger charge is -2.24. The maximum Gasteiger partial charge on any atom is 0.243 e. The molecule has 1 aromatic rings. The van der Waals surface area contributed by atoms with Gasteiger partial charge in [0.15, 0.2) is 0 Å². The van der Waals surface area contributed by atoms with Gasteiger partial charge in [-0.15, -0.1) is 5.10 Å². The van der Waals surface area contributed by atoms with Gasteiger partial charge in [-0.25, -0.2) is 0 Å². The van der Waals surface area contributed by atoms with Gasteiger partial charge < -0.3 is 10.5 Å². The molecular weight excluding hydrogens is 216 g/mol. The summed E-state index contributed by atoms with van der Waals surface area (Å²) in [6.45, 7) is 6.17. The summed E-state index contributed by atoms with van der Waals surface area (Å²) >= 11 is 0. The largest absolute Gasteiger partial charge is 0.420 e. The first-order valence-corrected chi connectivity index (χ1v) is 5.67. The van der Waals surface area contributed by atoms with E-state index in [9.17, 15) is 5.26 Å². The molecule has 1 aliphatic rings. The third-order valence-electron chi connectivity index (χ3n) is 2.96. The Morgan fingerprint density at radius 1 is 1.59 bits per heavy atom. The molecule has 1 aliphatic heterocycles. The van der Waals surface area contributed by atoms with Gasteiger partial charge in [0.2, 0.25) is 11.8 Å². The number of aryl methyl sites for hydroxylation is 1. The summed E-state index contributed by atoms with van der Waals surface area (Å²) in [5.74, 6) is 1.14. The molecule has 5 heteroatoms. The Labute approximate surface area is 100 Å². The number of nitrogens with zero attached hydrogens (tertiary/aromatic N) is 2. The zero-order chi connectivity index (χ0) is 12.6. The number of nitrogens with one attached hydrogen (secondary N) is 1. The van der Waals surface area contributed by atoms with Crippen LogP contribution in [0.25, 0.3) is 0 Å². The number of allylic oxidation sites excluding steroid dienone is 1. The van der Waals surface area contributed by atoms with E-state index in [2.05, 4.69) is 30.1 Å². The smallest absolute Gasteiger partial charge is 0.243 e. The fourth-order valence-corrected chi connectivity index (χ4v) is 2.22. The molecule has 0 unspecified atom stereocenters. The average molecular weight is 232 g/mol. The minimum Gasteiger partial charge on any atom is -0.420 e. The molecule has 0 fully saturated rings. The van der Waals surface area contributed by atoms with Crippen molar-refractivity contribution in [1.29, 1.82) is 5.26 Å². The Balaban J connectivity index is 2.50. The van der Waals surface area contributed by atoms with E-state index in [1.807, 2.05) is 6.92 Å². The van der Waals surface area contributed by atoms with E-state index < -0.39 is 0 Å². The average Bonchev–Trinajstić information content (AvgIpc) is 2.59. The fraction of sp³-hybridized carbons (Fsp3) is 0.500. The van der Waals surface area contributed by atoms with E-state index >= 15 is 0 Å². The summed E-state index contributed by atoms with van der Waals surface area (Å²) in [5, 5.41) is 16.1. The number of H-pyrrole nitrogens is 1. The molecule has 0 bridgehead atoms. The molecule has 90 valence electrons. The standard InChI is InChI=1S/C12H16N4O/c1-6(2)4-8-9(5-13)11(14)17-12-10(8)7(3)15-16-12/h6,8H,4,14H2,1-3H3,(H,15,16)/t8-/m1/s1. The number of rotatable bonds is 2. The molecule has 0 spiro atoms. The van der Waals surface area contributed by atoms with Crippen LogP contribution in [0.1, 0.15) is 37.4 Å². The number of hydrogen-bond acceptors (Lipinski definition) is 4. The number of hydrogen-bond donors (Lipinski definition) is 2. The van der Waals surface area contributed by atoms with Gasteiger partial charge in [-0.1, -0.05) is 13.8 Å². The first-order chi connectivity index (χ1) is 8.04. The van der Waals surface area contributed by atoms with Gasteiger partial charge in [0.25, 0.3) is 0 Å². The normalized spacial score (nSPS) is 18.9. The summed E-state index contributed by atoms with van der Waals surface area (Å²) in [4.78, 5) is 0. The minimum absolute atomic E-state index is 0.0116. The molecule has 0 amide bonds. The molecule has 2 rings (SSSR count). The van der Waals surface area contributed by atoms with Crippen molar-refractivity contribution >= 4 is 0 Å². The minimum atomic E-state index is -0.0116. The third kappa shape index (κ3) is 1.86. The Bertz CT molecular complexity index is 507. The van der Waals surface area contributed by atoms with Crippen LogP contribution in [0.5, 0.6) is 5.88 Å². The van der Waals surface area contributed by atoms with Crippen LogP contribution >= 0.6 is 0 Å². The summed E-state index contributed by atoms with van der Waals surface area (Å²) < 4.78 is 5.36. The lowest BCUT2D eigenvalue weighted by molar-refractivity contribution is 0.365. The van der Waals surface area contributed by atoms with Gasteiger partial charge in [-0.2, -0.15) is 5.26 Å². The first-order valence-electron chi connectivity index (χ1n) is 5.67. The predicted octanol–water partition coefficient (Wildman–Crippen LogP) is 1.93. The van der Waals surface area contributed by atoms with Crippen LogP contribution in [0.3, 0.4) is 0 Å². The predicted molar refractivity (Wildman–Crippen MR) is 63.0 cm³/mol. The number of nitrogens with two attached hydrogens (primary N) is 1. The molecule has 2 heterocycles. The van der Waals surface area contributed by atoms with E-state index in [1.165, 1.54) is 0 Å². The highest BCUT2D eigenvalue weighted by molar-refractivity contribution is 5.48. The quantitative estimate of drug-likeness (QED) is 0.815. The first kappa shape index (κ1) is 11.5. The molecular formula is C12H16N4O. The number of fused-ring (bicyclic) bond motifs is 1. The molecule has 0 aliphatic carbocycles. The van der Waals surface area contributed by atoms with E-state index in [1.54, 1.807) is 0 Å². The lowest BCUT2D eigenvalue weighted by Crippen LogP contribution is -2.21. The Morgan fingerprint density at radius 2 is 2.29 bits per heavy atom. The summed E-state index contributed by atoms with van der Waals surface area (Å²) in [6, 6.07) is 2.16. The number of aromatic nitrogens is 2. The highest BCUT2D eigenvalue weighted by atomic mass is 16.5. The van der Waals surface area contributed by atoms with E-state index in [4.69, 9.17) is 10.5 Å². The molecule has 1 atom stereocenters. The number of aromatic amines is 1. The zero-order valence-corrected chi connectivity index (χ0v) is 10.2. The molecule has 0 saturated heterocycles. The third-order valence-corrected chi connectivity index (χ3v) is 2.96. The van der Waals surface area contributed by atoms with Crippen molar-refractivity contribution in [3.05, 3.63) is 22.7 Å². The van der Waals surface area contributed by atoms with Crippen molar-refractivity contribution in [2.24, 2.45) is 11.7 Å². The highest BCUT2D eigenvalue weighted by Crippen LogP contribution is 2.41. The molecule has 0 radical (unpaired) electrons. The van der Waals surface area contributed by atoms with Crippen molar-refractivity contribution in [3.8, 4) is 11.9 Å². The van der Waals surface area contributed by atoms with Gasteiger partial charge >= 0.3 is 0 Å². The second-order valence-corrected chi connectivity index (χ2v) is 4.74. The van der Waals surface area contributed by atoms with E-state index in [0.717, 1.165) is 17.7 Å². The van der Waals surface area contributed by atoms with E-state index in [-0.39, 0.29) is 11.8 Å². The van der Waals surface area contributed by atoms with Gasteiger partial charge in [0.1, 0.15) is 6.07 Å². The van der Waals surface area contributed by atoms with Crippen LogP contribution in [0.2, 0.25) is 0 Å². The zero-order valence-electron chi connectivity index (χ0n) is 10.2. The van der Waals surface area contributed by atoms with Crippen LogP contribution in [-0.4, -0.2) is 10.2 Å². The van der Waals surface area contributed by atoms with Crippen molar-refractivity contribution in [2.75, 3.05) is 0 Å². The molecule has 0 aromatic carbocycles. The lowest BCUT2D eigenvalue weighted by atomic mass is 9.84. The molecule has 3 N–H and O–H groups in total. The van der Waals surface area contributed by atoms with Crippen LogP contribution in [0, 0.1) is 24.2 Å². The molecule has 17 heavy (non-hydrogen) atoms. The maximum absolute atomic E-state index is 9.20. The second-order valence-electron chi connectivity index (χ2n) is 4.74. The molecule has 0 saturated carbocycles. The SMILES string of the molecule is Cc1[nH]nc2c1[C@H](CC(C)C)C(C#N)=C(N)O2. The van der Waals surface area contributed by atoms with Gasteiger partial charge in [-0.3, -0.25) is 5.10 Å². The Hall–Kier alpha value is -1.96. The summed E-state index contributed by atoms with van der Waals surface area (Å²) in [5.41, 5.74) is 8.17. The van der Waals surface area contributed by atoms with Gasteiger partial charge in [0.05, 0.1) is 5.57 Å². The number of ether oxygens (including phenoxy) is 1. The fourth-order valence-electron chi connectivity index (χ4n) is 2.22. The topological polar surface area (TPSA) is 87.7 Å². The summed E-state index contributed by atoms with van der Waals surface area (Å²) in [6.07, 6.45) is 0.861. The van der Waals surface area contributed by atoms with Crippen molar-refractivity contribution in [3.63, 3.8) is 0 Å². The number of nitriles is 1. The summed E-state index contributed by atoms with van der Waals surface area (Å²) in [7, 11) is 0. The van der Waals surface area contributed by atoms with Crippen molar-refractivity contribution < 1.29 is 4.74 Å². The van der Waals surface area contributed by atoms with Crippen molar-refractivity contribution in [1.82, 2.24) is 10.2 Å². The van der Waals surface area contributed by atoms with Crippen molar-refractivity contribution in [2.45, 2.75) is 33.1 Å². The Kier molecular flexibility index (Phi) is 2.80. The van der Waals surface area contributed by atoms with Crippen LogP contribution < -0.4 is 10.5 Å². The highest BCUT2D eigenvalue weighted by Gasteiger charge is 2.33. The molecule has 5 nitrogen and oxygen atoms in total.